The average Bonchev–Trinajstić information content (AvgIpc) is 2.53. The van der Waals surface area contributed by atoms with Crippen LogP contribution >= 0.6 is 34.8 Å². The molecule has 0 heterocycles. The summed E-state index contributed by atoms with van der Waals surface area (Å²) in [5.74, 6) is -1.37. The number of rotatable bonds is 5. The first-order chi connectivity index (χ1) is 11.8. The lowest BCUT2D eigenvalue weighted by Crippen LogP contribution is -2.22. The maximum Gasteiger partial charge on any atom is 0.243 e. The highest BCUT2D eigenvalue weighted by Crippen LogP contribution is 2.32. The summed E-state index contributed by atoms with van der Waals surface area (Å²) < 4.78 is 13.6. The summed E-state index contributed by atoms with van der Waals surface area (Å²) in [7, 11) is 0. The molecule has 0 atom stereocenters. The first kappa shape index (κ1) is 19.3. The number of halogens is 4. The molecule has 0 bridgehead atoms. The Labute approximate surface area is 158 Å². The molecule has 5 nitrogen and oxygen atoms in total. The number of hydrogen-bond donors (Lipinski definition) is 3. The lowest BCUT2D eigenvalue weighted by atomic mass is 10.2. The van der Waals surface area contributed by atoms with Crippen LogP contribution in [0.3, 0.4) is 0 Å². The molecule has 2 rings (SSSR count). The lowest BCUT2D eigenvalue weighted by molar-refractivity contribution is -0.115. The highest BCUT2D eigenvalue weighted by molar-refractivity contribution is 6.44. The molecule has 0 unspecified atom stereocenters. The molecule has 132 valence electrons. The topological polar surface area (TPSA) is 70.2 Å². The third kappa shape index (κ3) is 5.49. The van der Waals surface area contributed by atoms with Gasteiger partial charge in [-0.25, -0.2) is 4.39 Å². The van der Waals surface area contributed by atoms with Crippen LogP contribution < -0.4 is 16.0 Å². The van der Waals surface area contributed by atoms with Crippen molar-refractivity contribution >= 4 is 63.7 Å². The maximum absolute atomic E-state index is 13.6. The van der Waals surface area contributed by atoms with Gasteiger partial charge in [-0.1, -0.05) is 34.8 Å². The van der Waals surface area contributed by atoms with Gasteiger partial charge in [0.2, 0.25) is 11.8 Å². The summed E-state index contributed by atoms with van der Waals surface area (Å²) in [5.41, 5.74) is 0.798. The highest BCUT2D eigenvalue weighted by Gasteiger charge is 2.10. The summed E-state index contributed by atoms with van der Waals surface area (Å²) in [6, 6.07) is 6.88. The molecule has 2 aromatic rings. The van der Waals surface area contributed by atoms with Gasteiger partial charge in [0.15, 0.2) is 0 Å². The summed E-state index contributed by atoms with van der Waals surface area (Å²) in [4.78, 5) is 23.0. The van der Waals surface area contributed by atoms with E-state index in [1.807, 2.05) is 0 Å². The molecule has 0 aromatic heterocycles. The fourth-order valence-electron chi connectivity index (χ4n) is 1.92. The van der Waals surface area contributed by atoms with E-state index < -0.39 is 17.6 Å². The summed E-state index contributed by atoms with van der Waals surface area (Å²) >= 11 is 17.7. The predicted molar refractivity (Wildman–Crippen MR) is 99.3 cm³/mol. The van der Waals surface area contributed by atoms with Gasteiger partial charge in [0.05, 0.1) is 33.0 Å². The van der Waals surface area contributed by atoms with E-state index in [9.17, 15) is 14.0 Å². The predicted octanol–water partition coefficient (Wildman–Crippen LogP) is 4.79. The van der Waals surface area contributed by atoms with Crippen LogP contribution in [0, 0.1) is 5.82 Å². The number of benzene rings is 2. The molecule has 0 saturated heterocycles. The average molecular weight is 405 g/mol. The van der Waals surface area contributed by atoms with Gasteiger partial charge in [-0.2, -0.15) is 0 Å². The molecule has 0 spiro atoms. The molecule has 9 heteroatoms. The Morgan fingerprint density at radius 1 is 0.960 bits per heavy atom. The van der Waals surface area contributed by atoms with Crippen LogP contribution in [0.4, 0.5) is 21.5 Å². The quantitative estimate of drug-likeness (QED) is 0.627. The van der Waals surface area contributed by atoms with E-state index in [4.69, 9.17) is 34.8 Å². The van der Waals surface area contributed by atoms with Crippen molar-refractivity contribution in [2.75, 3.05) is 22.5 Å². The fraction of sp³-hybridized carbons (Fsp3) is 0.125. The van der Waals surface area contributed by atoms with E-state index >= 15 is 0 Å². The van der Waals surface area contributed by atoms with E-state index in [-0.39, 0.29) is 27.3 Å². The van der Waals surface area contributed by atoms with Crippen LogP contribution in [0.15, 0.2) is 30.3 Å². The monoisotopic (exact) mass is 403 g/mol. The fourth-order valence-corrected chi connectivity index (χ4v) is 2.51. The molecular formula is C16H13Cl3FN3O2. The van der Waals surface area contributed by atoms with Crippen molar-refractivity contribution < 1.29 is 14.0 Å². The van der Waals surface area contributed by atoms with Crippen molar-refractivity contribution in [3.05, 3.63) is 51.2 Å². The summed E-state index contributed by atoms with van der Waals surface area (Å²) in [6.07, 6.45) is 0. The molecule has 0 radical (unpaired) electrons. The van der Waals surface area contributed by atoms with Crippen molar-refractivity contribution in [1.29, 1.82) is 0 Å². The summed E-state index contributed by atoms with van der Waals surface area (Å²) in [6.45, 7) is 1.16. The van der Waals surface area contributed by atoms with Gasteiger partial charge in [-0.05, 0) is 30.3 Å². The Kier molecular flexibility index (Phi) is 6.47. The molecule has 0 aliphatic carbocycles. The van der Waals surface area contributed by atoms with Crippen LogP contribution in [-0.4, -0.2) is 18.4 Å². The number of nitrogens with one attached hydrogen (secondary N) is 3. The van der Waals surface area contributed by atoms with Crippen molar-refractivity contribution in [3.8, 4) is 0 Å². The van der Waals surface area contributed by atoms with E-state index in [1.54, 1.807) is 0 Å². The van der Waals surface area contributed by atoms with Crippen LogP contribution in [0.2, 0.25) is 15.1 Å². The van der Waals surface area contributed by atoms with Gasteiger partial charge < -0.3 is 16.0 Å². The zero-order valence-corrected chi connectivity index (χ0v) is 15.2. The molecule has 25 heavy (non-hydrogen) atoms. The van der Waals surface area contributed by atoms with Crippen molar-refractivity contribution in [2.24, 2.45) is 0 Å². The molecular weight excluding hydrogens is 392 g/mol. The van der Waals surface area contributed by atoms with Gasteiger partial charge in [-0.15, -0.1) is 0 Å². The highest BCUT2D eigenvalue weighted by atomic mass is 35.5. The standard InChI is InChI=1S/C16H13Cl3FN3O2/c1-8(24)22-15-4-9(2-3-13(15)20)21-7-16(25)23-14-6-11(18)10(17)5-12(14)19/h2-6,21H,7H2,1H3,(H,22,24)(H,23,25). The number of carbonyl (C=O) groups is 2. The second kappa shape index (κ2) is 8.38. The SMILES string of the molecule is CC(=O)Nc1cc(NCC(=O)Nc2cc(Cl)c(Cl)cc2Cl)ccc1F. The van der Waals surface area contributed by atoms with Gasteiger partial charge in [0.1, 0.15) is 5.82 Å². The minimum atomic E-state index is -0.576. The van der Waals surface area contributed by atoms with Crippen LogP contribution in [0.5, 0.6) is 0 Å². The second-order valence-corrected chi connectivity index (χ2v) is 6.25. The summed E-state index contributed by atoms with van der Waals surface area (Å²) in [5, 5.41) is 8.55. The van der Waals surface area contributed by atoms with Gasteiger partial charge in [0, 0.05) is 12.6 Å². The van der Waals surface area contributed by atoms with Crippen LogP contribution in [-0.2, 0) is 9.59 Å². The third-order valence-corrected chi connectivity index (χ3v) is 4.05. The Morgan fingerprint density at radius 2 is 1.64 bits per heavy atom. The smallest absolute Gasteiger partial charge is 0.243 e. The molecule has 0 fully saturated rings. The minimum Gasteiger partial charge on any atom is -0.376 e. The lowest BCUT2D eigenvalue weighted by Gasteiger charge is -2.11. The second-order valence-electron chi connectivity index (χ2n) is 5.02. The van der Waals surface area contributed by atoms with Gasteiger partial charge >= 0.3 is 0 Å². The largest absolute Gasteiger partial charge is 0.376 e. The van der Waals surface area contributed by atoms with Crippen molar-refractivity contribution in [3.63, 3.8) is 0 Å². The Morgan fingerprint density at radius 3 is 2.32 bits per heavy atom. The Bertz CT molecular complexity index is 831. The van der Waals surface area contributed by atoms with E-state index in [0.717, 1.165) is 0 Å². The van der Waals surface area contributed by atoms with E-state index in [2.05, 4.69) is 16.0 Å². The first-order valence-electron chi connectivity index (χ1n) is 7.01. The maximum atomic E-state index is 13.6. The van der Waals surface area contributed by atoms with E-state index in [0.29, 0.717) is 11.4 Å². The van der Waals surface area contributed by atoms with Crippen LogP contribution in [0.25, 0.3) is 0 Å². The number of amides is 2. The molecule has 2 aromatic carbocycles. The van der Waals surface area contributed by atoms with Crippen molar-refractivity contribution in [2.45, 2.75) is 6.92 Å². The molecule has 0 aliphatic rings. The number of anilines is 3. The molecule has 0 saturated carbocycles. The number of carbonyl (C=O) groups excluding carboxylic acids is 2. The molecule has 0 aliphatic heterocycles. The minimum absolute atomic E-state index is 0.0189. The zero-order chi connectivity index (χ0) is 18.6. The third-order valence-electron chi connectivity index (χ3n) is 3.01. The first-order valence-corrected chi connectivity index (χ1v) is 8.15. The Balaban J connectivity index is 2.01. The van der Waals surface area contributed by atoms with Crippen LogP contribution in [0.1, 0.15) is 6.92 Å². The molecule has 2 amide bonds. The van der Waals surface area contributed by atoms with E-state index in [1.165, 1.54) is 37.3 Å². The number of hydrogen-bond acceptors (Lipinski definition) is 3. The van der Waals surface area contributed by atoms with Gasteiger partial charge in [0.25, 0.3) is 0 Å². The molecule has 3 N–H and O–H groups in total. The Hall–Kier alpha value is -2.02. The zero-order valence-electron chi connectivity index (χ0n) is 12.9. The van der Waals surface area contributed by atoms with Gasteiger partial charge in [-0.3, -0.25) is 9.59 Å². The normalized spacial score (nSPS) is 10.3. The van der Waals surface area contributed by atoms with Crippen molar-refractivity contribution in [1.82, 2.24) is 0 Å².